The SMILES string of the molecule is Cn1nc(C2CCN(c3ncnc4c3CCC4)CC2)n(C2CC2)c1=O. The van der Waals surface area contributed by atoms with Crippen LogP contribution >= 0.6 is 0 Å². The van der Waals surface area contributed by atoms with Crippen LogP contribution in [0.5, 0.6) is 0 Å². The van der Waals surface area contributed by atoms with Crippen LogP contribution in [0.25, 0.3) is 0 Å². The van der Waals surface area contributed by atoms with Crippen LogP contribution < -0.4 is 10.6 Å². The van der Waals surface area contributed by atoms with Crippen molar-refractivity contribution in [3.05, 3.63) is 33.9 Å². The second kappa shape index (κ2) is 5.68. The highest BCUT2D eigenvalue weighted by Gasteiger charge is 2.34. The third kappa shape index (κ3) is 2.48. The van der Waals surface area contributed by atoms with Gasteiger partial charge < -0.3 is 4.90 Å². The van der Waals surface area contributed by atoms with Gasteiger partial charge in [0.05, 0.1) is 0 Å². The van der Waals surface area contributed by atoms with Crippen molar-refractivity contribution in [1.29, 1.82) is 0 Å². The number of rotatable bonds is 3. The van der Waals surface area contributed by atoms with Crippen molar-refractivity contribution < 1.29 is 0 Å². The molecule has 7 heteroatoms. The molecule has 0 bridgehead atoms. The molecule has 25 heavy (non-hydrogen) atoms. The Kier molecular flexibility index (Phi) is 3.43. The summed E-state index contributed by atoms with van der Waals surface area (Å²) in [6.07, 6.45) is 9.39. The van der Waals surface area contributed by atoms with E-state index in [1.165, 1.54) is 22.4 Å². The Balaban J connectivity index is 1.37. The zero-order valence-electron chi connectivity index (χ0n) is 14.7. The molecule has 2 aromatic rings. The van der Waals surface area contributed by atoms with E-state index in [0.717, 1.165) is 63.3 Å². The van der Waals surface area contributed by atoms with Crippen molar-refractivity contribution in [2.24, 2.45) is 7.05 Å². The van der Waals surface area contributed by atoms with Crippen LogP contribution in [0, 0.1) is 0 Å². The summed E-state index contributed by atoms with van der Waals surface area (Å²) in [5.41, 5.74) is 2.64. The normalized spacial score (nSPS) is 20.9. The van der Waals surface area contributed by atoms with Gasteiger partial charge in [0.25, 0.3) is 0 Å². The zero-order valence-corrected chi connectivity index (χ0v) is 14.7. The molecule has 7 nitrogen and oxygen atoms in total. The number of anilines is 1. The molecular weight excluding hydrogens is 316 g/mol. The zero-order chi connectivity index (χ0) is 17.0. The predicted octanol–water partition coefficient (Wildman–Crippen LogP) is 1.58. The first kappa shape index (κ1) is 15.1. The standard InChI is InChI=1S/C18H24N6O/c1-22-18(25)24(13-5-6-13)16(21-22)12-7-9-23(10-8-12)17-14-3-2-4-15(14)19-11-20-17/h11-13H,2-10H2,1H3. The van der Waals surface area contributed by atoms with Crippen molar-refractivity contribution >= 4 is 5.82 Å². The van der Waals surface area contributed by atoms with Crippen molar-refractivity contribution in [3.8, 4) is 0 Å². The number of aromatic nitrogens is 5. The molecule has 0 N–H and O–H groups in total. The fourth-order valence-corrected chi connectivity index (χ4v) is 4.42. The van der Waals surface area contributed by atoms with Gasteiger partial charge in [-0.25, -0.2) is 19.4 Å². The Labute approximate surface area is 146 Å². The monoisotopic (exact) mass is 340 g/mol. The van der Waals surface area contributed by atoms with Gasteiger partial charge in [0.2, 0.25) is 0 Å². The molecule has 5 rings (SSSR count). The van der Waals surface area contributed by atoms with E-state index in [1.807, 2.05) is 4.57 Å². The second-order valence-electron chi connectivity index (χ2n) is 7.60. The van der Waals surface area contributed by atoms with Crippen LogP contribution in [0.1, 0.15) is 61.1 Å². The first-order chi connectivity index (χ1) is 12.2. The van der Waals surface area contributed by atoms with E-state index in [4.69, 9.17) is 0 Å². The molecule has 2 aromatic heterocycles. The quantitative estimate of drug-likeness (QED) is 0.848. The van der Waals surface area contributed by atoms with Gasteiger partial charge in [-0.2, -0.15) is 5.10 Å². The van der Waals surface area contributed by atoms with Gasteiger partial charge in [-0.3, -0.25) is 4.57 Å². The number of hydrogen-bond donors (Lipinski definition) is 0. The van der Waals surface area contributed by atoms with E-state index in [-0.39, 0.29) is 5.69 Å². The van der Waals surface area contributed by atoms with Crippen LogP contribution in [0.4, 0.5) is 5.82 Å². The molecule has 2 aliphatic carbocycles. The average Bonchev–Trinajstić information content (AvgIpc) is 3.27. The Morgan fingerprint density at radius 3 is 2.64 bits per heavy atom. The minimum atomic E-state index is 0.0496. The van der Waals surface area contributed by atoms with Gasteiger partial charge in [-0.05, 0) is 44.9 Å². The number of fused-ring (bicyclic) bond motifs is 1. The molecule has 3 aliphatic rings. The lowest BCUT2D eigenvalue weighted by Crippen LogP contribution is -2.35. The summed E-state index contributed by atoms with van der Waals surface area (Å²) in [6.45, 7) is 1.95. The second-order valence-corrected chi connectivity index (χ2v) is 7.60. The van der Waals surface area contributed by atoms with Crippen LogP contribution in [-0.2, 0) is 19.9 Å². The Bertz CT molecular complexity index is 857. The number of nitrogens with zero attached hydrogens (tertiary/aromatic N) is 6. The van der Waals surface area contributed by atoms with Crippen LogP contribution in [0.15, 0.2) is 11.1 Å². The first-order valence-corrected chi connectivity index (χ1v) is 9.45. The fraction of sp³-hybridized carbons (Fsp3) is 0.667. The predicted molar refractivity (Wildman–Crippen MR) is 94.0 cm³/mol. The van der Waals surface area contributed by atoms with E-state index in [9.17, 15) is 4.79 Å². The number of hydrogen-bond acceptors (Lipinski definition) is 5. The third-order valence-corrected chi connectivity index (χ3v) is 5.91. The summed E-state index contributed by atoms with van der Waals surface area (Å²) in [7, 11) is 1.77. The molecule has 0 unspecified atom stereocenters. The molecule has 132 valence electrons. The lowest BCUT2D eigenvalue weighted by atomic mass is 9.95. The van der Waals surface area contributed by atoms with E-state index in [0.29, 0.717) is 12.0 Å². The van der Waals surface area contributed by atoms with E-state index < -0.39 is 0 Å². The van der Waals surface area contributed by atoms with Gasteiger partial charge in [-0.15, -0.1) is 0 Å². The van der Waals surface area contributed by atoms with Gasteiger partial charge in [0.15, 0.2) is 0 Å². The van der Waals surface area contributed by atoms with Crippen molar-refractivity contribution in [3.63, 3.8) is 0 Å². The molecule has 1 saturated carbocycles. The average molecular weight is 340 g/mol. The summed E-state index contributed by atoms with van der Waals surface area (Å²) in [4.78, 5) is 23.8. The molecule has 0 aromatic carbocycles. The molecule has 0 radical (unpaired) electrons. The lowest BCUT2D eigenvalue weighted by Gasteiger charge is -2.33. The summed E-state index contributed by atoms with van der Waals surface area (Å²) < 4.78 is 3.47. The van der Waals surface area contributed by atoms with Crippen LogP contribution in [-0.4, -0.2) is 37.4 Å². The largest absolute Gasteiger partial charge is 0.356 e. The van der Waals surface area contributed by atoms with Gasteiger partial charge in [-0.1, -0.05) is 0 Å². The van der Waals surface area contributed by atoms with Crippen LogP contribution in [0.2, 0.25) is 0 Å². The van der Waals surface area contributed by atoms with Crippen molar-refractivity contribution in [2.45, 2.75) is 56.9 Å². The minimum absolute atomic E-state index is 0.0496. The Morgan fingerprint density at radius 2 is 1.88 bits per heavy atom. The molecule has 1 aliphatic heterocycles. The molecule has 0 atom stereocenters. The Morgan fingerprint density at radius 1 is 1.08 bits per heavy atom. The van der Waals surface area contributed by atoms with Crippen LogP contribution in [0.3, 0.4) is 0 Å². The maximum atomic E-state index is 12.4. The molecule has 2 fully saturated rings. The number of piperidine rings is 1. The number of aryl methyl sites for hydroxylation is 2. The summed E-state index contributed by atoms with van der Waals surface area (Å²) in [6, 6.07) is 0.388. The van der Waals surface area contributed by atoms with E-state index in [1.54, 1.807) is 13.4 Å². The molecule has 3 heterocycles. The van der Waals surface area contributed by atoms with Gasteiger partial charge in [0, 0.05) is 43.4 Å². The van der Waals surface area contributed by atoms with Gasteiger partial charge >= 0.3 is 5.69 Å². The highest BCUT2D eigenvalue weighted by Crippen LogP contribution is 2.38. The lowest BCUT2D eigenvalue weighted by molar-refractivity contribution is 0.460. The topological polar surface area (TPSA) is 68.8 Å². The summed E-state index contributed by atoms with van der Waals surface area (Å²) >= 11 is 0. The summed E-state index contributed by atoms with van der Waals surface area (Å²) in [5.74, 6) is 2.52. The smallest absolute Gasteiger partial charge is 0.345 e. The molecule has 1 saturated heterocycles. The van der Waals surface area contributed by atoms with E-state index >= 15 is 0 Å². The molecular formula is C18H24N6O. The summed E-state index contributed by atoms with van der Waals surface area (Å²) in [5, 5.41) is 4.57. The third-order valence-electron chi connectivity index (χ3n) is 5.91. The molecule has 0 spiro atoms. The highest BCUT2D eigenvalue weighted by atomic mass is 16.2. The minimum Gasteiger partial charge on any atom is -0.356 e. The fourth-order valence-electron chi connectivity index (χ4n) is 4.42. The van der Waals surface area contributed by atoms with Gasteiger partial charge in [0.1, 0.15) is 18.0 Å². The van der Waals surface area contributed by atoms with Crippen molar-refractivity contribution in [1.82, 2.24) is 24.3 Å². The van der Waals surface area contributed by atoms with Crippen molar-refractivity contribution in [2.75, 3.05) is 18.0 Å². The maximum absolute atomic E-state index is 12.4. The van der Waals surface area contributed by atoms with E-state index in [2.05, 4.69) is 20.0 Å². The maximum Gasteiger partial charge on any atom is 0.345 e. The molecule has 0 amide bonds. The Hall–Kier alpha value is -2.18. The highest BCUT2D eigenvalue weighted by molar-refractivity contribution is 5.50. The first-order valence-electron chi connectivity index (χ1n) is 9.45.